The Hall–Kier alpha value is -3.21. The van der Waals surface area contributed by atoms with Gasteiger partial charge in [0.05, 0.1) is 26.2 Å². The van der Waals surface area contributed by atoms with Crippen LogP contribution in [0, 0.1) is 30.6 Å². The number of nitrogens with zero attached hydrogens (tertiary/aromatic N) is 4. The average Bonchev–Trinajstić information content (AvgIpc) is 3.68. The Balaban J connectivity index is 1.44. The normalized spacial score (nSPS) is 19.0. The lowest BCUT2D eigenvalue weighted by Crippen LogP contribution is -2.48. The minimum Gasteiger partial charge on any atom is -0.283 e. The van der Waals surface area contributed by atoms with Gasteiger partial charge < -0.3 is 0 Å². The number of piperidine rings is 2. The number of aromatic nitrogens is 2. The minimum atomic E-state index is -3.88. The summed E-state index contributed by atoms with van der Waals surface area (Å²) in [6.07, 6.45) is 4.02. The molecule has 0 bridgehead atoms. The Bertz CT molecular complexity index is 1980. The highest BCUT2D eigenvalue weighted by Gasteiger charge is 2.33. The van der Waals surface area contributed by atoms with Crippen LogP contribution < -0.4 is 10.1 Å². The van der Waals surface area contributed by atoms with Gasteiger partial charge in [0.2, 0.25) is 0 Å². The van der Waals surface area contributed by atoms with E-state index in [9.17, 15) is 13.2 Å². The summed E-state index contributed by atoms with van der Waals surface area (Å²) in [5, 5.41) is 7.51. The van der Waals surface area contributed by atoms with Crippen LogP contribution in [0.4, 0.5) is 0 Å². The Kier molecular flexibility index (Phi) is 11.2. The number of halogens is 2. The van der Waals surface area contributed by atoms with Gasteiger partial charge in [-0.3, -0.25) is 10.2 Å². The first-order valence-electron chi connectivity index (χ1n) is 16.5. The summed E-state index contributed by atoms with van der Waals surface area (Å²) < 4.78 is 33.4. The fourth-order valence-electron chi connectivity index (χ4n) is 6.44. The van der Waals surface area contributed by atoms with E-state index >= 15 is 0 Å². The SMILES string of the molecule is Cc1ccc(C#Cc2ccc(-c3c(CNS(=O)(=O)N4CC(C)CC(C)C4)c(C(=O)NN4CCCCC4)nn3-c3ccc(Cl)cc3Cl)s2)cc1. The molecule has 0 spiro atoms. The number of aryl methyl sites for hydroxylation is 1. The zero-order valence-electron chi connectivity index (χ0n) is 27.8. The largest absolute Gasteiger partial charge is 0.286 e. The third kappa shape index (κ3) is 8.58. The number of nitrogens with one attached hydrogen (secondary N) is 2. The second-order valence-electron chi connectivity index (χ2n) is 13.0. The van der Waals surface area contributed by atoms with Crippen molar-refractivity contribution < 1.29 is 13.2 Å². The van der Waals surface area contributed by atoms with E-state index in [0.29, 0.717) is 40.1 Å². The molecule has 0 saturated carbocycles. The van der Waals surface area contributed by atoms with Gasteiger partial charge in [-0.1, -0.05) is 73.0 Å². The van der Waals surface area contributed by atoms with Crippen molar-refractivity contribution >= 4 is 50.7 Å². The Morgan fingerprint density at radius 3 is 2.39 bits per heavy atom. The molecular weight excluding hydrogens is 699 g/mol. The quantitative estimate of drug-likeness (QED) is 0.189. The standard InChI is InChI=1S/C36H40Cl2N6O3S2/c1-24-7-9-27(10-8-24)11-13-29-14-16-33(48-29)35-30(21-39-49(46,47)43-22-25(2)19-26(3)23-43)34(36(45)41-42-17-5-4-6-18-42)40-44(35)32-15-12-28(37)20-31(32)38/h7-10,12,14-16,20,25-26,39H,4-6,17-19,21-23H2,1-3H3,(H,41,45). The number of rotatable bonds is 8. The summed E-state index contributed by atoms with van der Waals surface area (Å²) in [4.78, 5) is 15.6. The first-order chi connectivity index (χ1) is 23.5. The molecule has 0 aliphatic carbocycles. The fourth-order valence-corrected chi connectivity index (χ4v) is 9.26. The lowest BCUT2D eigenvalue weighted by molar-refractivity contribution is 0.0743. The predicted octanol–water partition coefficient (Wildman–Crippen LogP) is 7.06. The summed E-state index contributed by atoms with van der Waals surface area (Å²) in [5.41, 5.74) is 6.66. The van der Waals surface area contributed by atoms with E-state index < -0.39 is 16.1 Å². The number of hydrogen-bond acceptors (Lipinski definition) is 6. The lowest BCUT2D eigenvalue weighted by atomic mass is 9.94. The van der Waals surface area contributed by atoms with Crippen LogP contribution >= 0.6 is 34.5 Å². The van der Waals surface area contributed by atoms with Crippen LogP contribution in [0.15, 0.2) is 54.6 Å². The third-order valence-corrected chi connectivity index (χ3v) is 11.8. The van der Waals surface area contributed by atoms with Crippen molar-refractivity contribution in [1.29, 1.82) is 0 Å². The first kappa shape index (κ1) is 35.6. The number of benzene rings is 2. The van der Waals surface area contributed by atoms with Gasteiger partial charge in [0.15, 0.2) is 5.69 Å². The van der Waals surface area contributed by atoms with Crippen LogP contribution in [0.25, 0.3) is 16.3 Å². The number of carbonyl (C=O) groups is 1. The van der Waals surface area contributed by atoms with Gasteiger partial charge in [-0.15, -0.1) is 11.3 Å². The molecular formula is C36H40Cl2N6O3S2. The molecule has 0 radical (unpaired) electrons. The number of amides is 1. The van der Waals surface area contributed by atoms with Crippen molar-refractivity contribution in [3.05, 3.63) is 91.9 Å². The van der Waals surface area contributed by atoms with Crippen LogP contribution in [-0.4, -0.2) is 59.6 Å². The summed E-state index contributed by atoms with van der Waals surface area (Å²) in [6.45, 7) is 8.32. The van der Waals surface area contributed by atoms with Crippen molar-refractivity contribution in [2.45, 2.75) is 53.0 Å². The molecule has 2 N–H and O–H groups in total. The Morgan fingerprint density at radius 1 is 0.980 bits per heavy atom. The molecule has 2 saturated heterocycles. The second-order valence-corrected chi connectivity index (χ2v) is 16.7. The second kappa shape index (κ2) is 15.4. The molecule has 13 heteroatoms. The number of carbonyl (C=O) groups excluding carboxylic acids is 1. The molecule has 258 valence electrons. The maximum absolute atomic E-state index is 14.0. The van der Waals surface area contributed by atoms with E-state index in [1.807, 2.05) is 48.3 Å². The zero-order valence-corrected chi connectivity index (χ0v) is 30.9. The molecule has 9 nitrogen and oxygen atoms in total. The van der Waals surface area contributed by atoms with Crippen molar-refractivity contribution in [1.82, 2.24) is 29.2 Å². The van der Waals surface area contributed by atoms with Crippen molar-refractivity contribution in [3.8, 4) is 28.1 Å². The Labute approximate surface area is 302 Å². The van der Waals surface area contributed by atoms with Crippen LogP contribution in [-0.2, 0) is 16.8 Å². The van der Waals surface area contributed by atoms with Crippen molar-refractivity contribution in [2.75, 3.05) is 26.2 Å². The lowest BCUT2D eigenvalue weighted by Gasteiger charge is -2.34. The molecule has 2 atom stereocenters. The number of hydrogen-bond donors (Lipinski definition) is 2. The summed E-state index contributed by atoms with van der Waals surface area (Å²) >= 11 is 14.4. The first-order valence-corrected chi connectivity index (χ1v) is 19.5. The van der Waals surface area contributed by atoms with Gasteiger partial charge in [-0.05, 0) is 80.5 Å². The zero-order chi connectivity index (χ0) is 34.7. The van der Waals surface area contributed by atoms with E-state index in [1.165, 1.54) is 15.6 Å². The van der Waals surface area contributed by atoms with Gasteiger partial charge in [-0.25, -0.2) is 9.69 Å². The molecule has 1 amide bonds. The molecule has 6 rings (SSSR count). The van der Waals surface area contributed by atoms with Crippen LogP contribution in [0.1, 0.15) is 71.6 Å². The minimum absolute atomic E-state index is 0.107. The molecule has 2 fully saturated rings. The average molecular weight is 740 g/mol. The van der Waals surface area contributed by atoms with Crippen LogP contribution in [0.5, 0.6) is 0 Å². The highest BCUT2D eigenvalue weighted by atomic mass is 35.5. The number of hydrazine groups is 1. The van der Waals surface area contributed by atoms with Crippen LogP contribution in [0.2, 0.25) is 10.0 Å². The van der Waals surface area contributed by atoms with Crippen molar-refractivity contribution in [3.63, 3.8) is 0 Å². The summed E-state index contributed by atoms with van der Waals surface area (Å²) in [5.74, 6) is 6.53. The van der Waals surface area contributed by atoms with E-state index in [4.69, 9.17) is 28.3 Å². The van der Waals surface area contributed by atoms with E-state index in [2.05, 4.69) is 35.8 Å². The van der Waals surface area contributed by atoms with E-state index in [1.54, 1.807) is 22.9 Å². The molecule has 2 aromatic heterocycles. The number of thiophene rings is 1. The van der Waals surface area contributed by atoms with Gasteiger partial charge in [-0.2, -0.15) is 22.5 Å². The third-order valence-electron chi connectivity index (χ3n) is 8.78. The highest BCUT2D eigenvalue weighted by molar-refractivity contribution is 7.87. The maximum atomic E-state index is 14.0. The fraction of sp³-hybridized carbons (Fsp3) is 0.389. The van der Waals surface area contributed by atoms with Gasteiger partial charge in [0.1, 0.15) is 0 Å². The topological polar surface area (TPSA) is 99.6 Å². The van der Waals surface area contributed by atoms with E-state index in [-0.39, 0.29) is 24.1 Å². The molecule has 49 heavy (non-hydrogen) atoms. The van der Waals surface area contributed by atoms with Crippen LogP contribution in [0.3, 0.4) is 0 Å². The van der Waals surface area contributed by atoms with E-state index in [0.717, 1.165) is 59.7 Å². The molecule has 4 aromatic rings. The summed E-state index contributed by atoms with van der Waals surface area (Å²) in [7, 11) is -3.88. The van der Waals surface area contributed by atoms with Gasteiger partial charge >= 0.3 is 0 Å². The molecule has 2 unspecified atom stereocenters. The molecule has 2 aromatic carbocycles. The maximum Gasteiger partial charge on any atom is 0.286 e. The van der Waals surface area contributed by atoms with Gasteiger partial charge in [0.25, 0.3) is 16.1 Å². The van der Waals surface area contributed by atoms with Crippen molar-refractivity contribution in [2.24, 2.45) is 11.8 Å². The monoisotopic (exact) mass is 738 g/mol. The summed E-state index contributed by atoms with van der Waals surface area (Å²) in [6, 6.07) is 16.9. The molecule has 4 heterocycles. The van der Waals surface area contributed by atoms with Gasteiger partial charge in [0, 0.05) is 48.9 Å². The Morgan fingerprint density at radius 2 is 1.69 bits per heavy atom. The smallest absolute Gasteiger partial charge is 0.283 e. The highest BCUT2D eigenvalue weighted by Crippen LogP contribution is 2.37. The molecule has 2 aliphatic heterocycles. The predicted molar refractivity (Wildman–Crippen MR) is 197 cm³/mol. The molecule has 2 aliphatic rings.